The van der Waals surface area contributed by atoms with Gasteiger partial charge in [0.25, 0.3) is 0 Å². The van der Waals surface area contributed by atoms with Crippen LogP contribution in [0.25, 0.3) is 0 Å². The minimum atomic E-state index is 0.00312. The highest BCUT2D eigenvalue weighted by Crippen LogP contribution is 2.39. The minimum Gasteiger partial charge on any atom is -0.0619 e. The summed E-state index contributed by atoms with van der Waals surface area (Å²) in [5.74, 6) is 0.782. The molecular formula is C24H25S2+. The van der Waals surface area contributed by atoms with Gasteiger partial charge in [-0.3, -0.25) is 0 Å². The van der Waals surface area contributed by atoms with Crippen molar-refractivity contribution >= 4 is 20.7 Å². The molecule has 0 N–H and O–H groups in total. The van der Waals surface area contributed by atoms with Gasteiger partial charge in [-0.15, -0.1) is 0 Å². The van der Waals surface area contributed by atoms with E-state index in [0.29, 0.717) is 0 Å². The standard InChI is InChI=1S/C24H25S2/c1-4-10-20(11-5-1)21-16-18-22(19-17-21)25-26(23-12-6-2-7-13-23)24-14-8-3-9-15-24/h2-3,6-9,12-20H,1,4-5,10-11H2/q+1. The van der Waals surface area contributed by atoms with Crippen LogP contribution in [0.5, 0.6) is 0 Å². The number of benzene rings is 3. The average Bonchev–Trinajstić information content (AvgIpc) is 2.74. The molecule has 0 spiro atoms. The van der Waals surface area contributed by atoms with E-state index < -0.39 is 0 Å². The molecule has 0 unspecified atom stereocenters. The zero-order valence-electron chi connectivity index (χ0n) is 15.0. The topological polar surface area (TPSA) is 0 Å². The largest absolute Gasteiger partial charge is 0.174 e. The molecule has 26 heavy (non-hydrogen) atoms. The highest BCUT2D eigenvalue weighted by molar-refractivity contribution is 8.74. The highest BCUT2D eigenvalue weighted by atomic mass is 33.1. The Morgan fingerprint density at radius 2 is 1.15 bits per heavy atom. The fourth-order valence-electron chi connectivity index (χ4n) is 3.65. The Morgan fingerprint density at radius 3 is 1.69 bits per heavy atom. The average molecular weight is 378 g/mol. The lowest BCUT2D eigenvalue weighted by molar-refractivity contribution is 0.443. The summed E-state index contributed by atoms with van der Waals surface area (Å²) in [5.41, 5.74) is 1.54. The van der Waals surface area contributed by atoms with Gasteiger partial charge in [0.1, 0.15) is 20.7 Å². The van der Waals surface area contributed by atoms with Crippen molar-refractivity contribution in [2.45, 2.75) is 52.7 Å². The molecule has 1 aliphatic rings. The molecular weight excluding hydrogens is 352 g/mol. The molecule has 0 bridgehead atoms. The molecule has 2 heteroatoms. The highest BCUT2D eigenvalue weighted by Gasteiger charge is 2.28. The molecule has 0 saturated heterocycles. The van der Waals surface area contributed by atoms with E-state index in [1.807, 2.05) is 10.8 Å². The quantitative estimate of drug-likeness (QED) is 0.328. The van der Waals surface area contributed by atoms with Gasteiger partial charge >= 0.3 is 0 Å². The van der Waals surface area contributed by atoms with Crippen LogP contribution < -0.4 is 0 Å². The van der Waals surface area contributed by atoms with Gasteiger partial charge in [-0.05, 0) is 60.7 Å². The third-order valence-corrected chi connectivity index (χ3v) is 9.31. The van der Waals surface area contributed by atoms with Crippen molar-refractivity contribution in [3.05, 3.63) is 90.5 Å². The van der Waals surface area contributed by atoms with E-state index in [0.717, 1.165) is 5.92 Å². The zero-order chi connectivity index (χ0) is 17.6. The van der Waals surface area contributed by atoms with Crippen LogP contribution in [0.1, 0.15) is 43.6 Å². The molecule has 3 aromatic carbocycles. The second-order valence-electron chi connectivity index (χ2n) is 6.88. The van der Waals surface area contributed by atoms with Crippen molar-refractivity contribution in [2.24, 2.45) is 0 Å². The van der Waals surface area contributed by atoms with Gasteiger partial charge in [0.2, 0.25) is 0 Å². The van der Waals surface area contributed by atoms with Crippen molar-refractivity contribution < 1.29 is 0 Å². The Hall–Kier alpha value is -1.64. The summed E-state index contributed by atoms with van der Waals surface area (Å²) >= 11 is 0. The molecule has 0 aromatic heterocycles. The molecule has 0 nitrogen and oxygen atoms in total. The minimum absolute atomic E-state index is 0.00312. The summed E-state index contributed by atoms with van der Waals surface area (Å²) in [6.45, 7) is 0. The van der Waals surface area contributed by atoms with E-state index in [1.54, 1.807) is 0 Å². The first-order valence-electron chi connectivity index (χ1n) is 9.53. The van der Waals surface area contributed by atoms with E-state index in [1.165, 1.54) is 52.4 Å². The van der Waals surface area contributed by atoms with E-state index in [9.17, 15) is 0 Å². The molecule has 1 aliphatic carbocycles. The van der Waals surface area contributed by atoms with Gasteiger partial charge in [-0.25, -0.2) is 0 Å². The van der Waals surface area contributed by atoms with Crippen LogP contribution in [0.4, 0.5) is 0 Å². The predicted molar refractivity (Wildman–Crippen MR) is 115 cm³/mol. The maximum atomic E-state index is 2.37. The fraction of sp³-hybridized carbons (Fsp3) is 0.250. The van der Waals surface area contributed by atoms with Gasteiger partial charge in [-0.2, -0.15) is 0 Å². The zero-order valence-corrected chi connectivity index (χ0v) is 16.6. The summed E-state index contributed by atoms with van der Waals surface area (Å²) in [6.07, 6.45) is 6.94. The predicted octanol–water partition coefficient (Wildman–Crippen LogP) is 7.48. The second kappa shape index (κ2) is 8.83. The number of hydrogen-bond acceptors (Lipinski definition) is 1. The van der Waals surface area contributed by atoms with Gasteiger partial charge in [0, 0.05) is 0 Å². The molecule has 1 fully saturated rings. The first-order chi connectivity index (χ1) is 12.9. The Kier molecular flexibility index (Phi) is 6.03. The maximum Gasteiger partial charge on any atom is 0.174 e. The monoisotopic (exact) mass is 377 g/mol. The SMILES string of the molecule is c1ccc([S+](Sc2ccc(C3CCCCC3)cc2)c2ccccc2)cc1. The Morgan fingerprint density at radius 1 is 0.615 bits per heavy atom. The van der Waals surface area contributed by atoms with Crippen molar-refractivity contribution in [3.8, 4) is 0 Å². The van der Waals surface area contributed by atoms with Crippen LogP contribution in [0.3, 0.4) is 0 Å². The van der Waals surface area contributed by atoms with E-state index in [2.05, 4.69) is 84.9 Å². The number of hydrogen-bond donors (Lipinski definition) is 0. The summed E-state index contributed by atoms with van der Waals surface area (Å²) < 4.78 is 0. The molecule has 0 amide bonds. The smallest absolute Gasteiger partial charge is 0.0619 e. The Balaban J connectivity index is 1.56. The Labute approximate surface area is 163 Å². The van der Waals surface area contributed by atoms with Crippen LogP contribution in [0.15, 0.2) is 99.6 Å². The van der Waals surface area contributed by atoms with Crippen LogP contribution in [0.2, 0.25) is 0 Å². The molecule has 0 heterocycles. The molecule has 0 aliphatic heterocycles. The first kappa shape index (κ1) is 17.8. The fourth-order valence-corrected chi connectivity index (χ4v) is 7.52. The summed E-state index contributed by atoms with van der Waals surface area (Å²) in [7, 11) is 1.98. The number of rotatable bonds is 5. The lowest BCUT2D eigenvalue weighted by Crippen LogP contribution is -2.04. The van der Waals surface area contributed by atoms with Crippen LogP contribution in [0, 0.1) is 0 Å². The van der Waals surface area contributed by atoms with E-state index >= 15 is 0 Å². The molecule has 132 valence electrons. The summed E-state index contributed by atoms with van der Waals surface area (Å²) in [4.78, 5) is 4.14. The third kappa shape index (κ3) is 4.36. The first-order valence-corrected chi connectivity index (χ1v) is 12.1. The molecule has 0 atom stereocenters. The van der Waals surface area contributed by atoms with Crippen molar-refractivity contribution in [3.63, 3.8) is 0 Å². The maximum absolute atomic E-state index is 2.37. The van der Waals surface area contributed by atoms with Crippen molar-refractivity contribution in [2.75, 3.05) is 0 Å². The van der Waals surface area contributed by atoms with Crippen LogP contribution in [-0.2, 0) is 9.93 Å². The molecule has 1 saturated carbocycles. The normalized spacial score (nSPS) is 15.3. The molecule has 4 rings (SSSR count). The van der Waals surface area contributed by atoms with Crippen LogP contribution >= 0.6 is 10.8 Å². The van der Waals surface area contributed by atoms with E-state index in [4.69, 9.17) is 0 Å². The Bertz CT molecular complexity index is 751. The second-order valence-corrected chi connectivity index (χ2v) is 10.5. The van der Waals surface area contributed by atoms with Crippen LogP contribution in [-0.4, -0.2) is 0 Å². The lowest BCUT2D eigenvalue weighted by Gasteiger charge is -2.21. The van der Waals surface area contributed by atoms with Gasteiger partial charge in [0.05, 0.1) is 4.90 Å². The van der Waals surface area contributed by atoms with Crippen molar-refractivity contribution in [1.29, 1.82) is 0 Å². The lowest BCUT2D eigenvalue weighted by atomic mass is 9.84. The van der Waals surface area contributed by atoms with Gasteiger partial charge < -0.3 is 0 Å². The molecule has 0 radical (unpaired) electrons. The summed E-state index contributed by atoms with van der Waals surface area (Å²) in [6, 6.07) is 31.2. The summed E-state index contributed by atoms with van der Waals surface area (Å²) in [5, 5.41) is 0. The van der Waals surface area contributed by atoms with Gasteiger partial charge in [0.15, 0.2) is 9.79 Å². The van der Waals surface area contributed by atoms with Crippen molar-refractivity contribution in [1.82, 2.24) is 0 Å². The van der Waals surface area contributed by atoms with E-state index in [-0.39, 0.29) is 9.93 Å². The van der Waals surface area contributed by atoms with Gasteiger partial charge in [-0.1, -0.05) is 67.8 Å². The third-order valence-electron chi connectivity index (χ3n) is 5.05. The molecule has 3 aromatic rings.